The molecule has 1 N–H and O–H groups in total. The summed E-state index contributed by atoms with van der Waals surface area (Å²) in [5.41, 5.74) is 1.56. The van der Waals surface area contributed by atoms with Gasteiger partial charge in [0.05, 0.1) is 5.54 Å². The number of benzene rings is 1. The fourth-order valence-electron chi connectivity index (χ4n) is 3.19. The van der Waals surface area contributed by atoms with Crippen LogP contribution >= 0.6 is 0 Å². The Kier molecular flexibility index (Phi) is 5.22. The van der Waals surface area contributed by atoms with Crippen LogP contribution in [0.25, 0.3) is 0 Å². The van der Waals surface area contributed by atoms with Gasteiger partial charge in [-0.15, -0.1) is 0 Å². The van der Waals surface area contributed by atoms with E-state index >= 15 is 0 Å². The lowest BCUT2D eigenvalue weighted by Gasteiger charge is -2.48. The average Bonchev–Trinajstić information content (AvgIpc) is 2.43. The maximum Gasteiger partial charge on any atom is 0.0557 e. The van der Waals surface area contributed by atoms with Gasteiger partial charge in [-0.3, -0.25) is 4.90 Å². The summed E-state index contributed by atoms with van der Waals surface area (Å²) in [6.07, 6.45) is 2.62. The maximum absolute atomic E-state index is 3.66. The second-order valence-electron chi connectivity index (χ2n) is 6.90. The molecule has 0 radical (unpaired) electrons. The van der Waals surface area contributed by atoms with E-state index in [1.165, 1.54) is 24.9 Å². The van der Waals surface area contributed by atoms with Crippen LogP contribution in [0.15, 0.2) is 30.3 Å². The lowest BCUT2D eigenvalue weighted by Crippen LogP contribution is -2.60. The van der Waals surface area contributed by atoms with Gasteiger partial charge in [0.1, 0.15) is 0 Å². The van der Waals surface area contributed by atoms with Crippen molar-refractivity contribution in [2.75, 3.05) is 19.6 Å². The Labute approximate surface area is 124 Å². The summed E-state index contributed by atoms with van der Waals surface area (Å²) in [6, 6.07) is 11.6. The Morgan fingerprint density at radius 1 is 1.30 bits per heavy atom. The highest BCUT2D eigenvalue weighted by Gasteiger charge is 2.37. The molecule has 2 rings (SSSR count). The molecule has 1 aliphatic heterocycles. The molecule has 1 fully saturated rings. The van der Waals surface area contributed by atoms with Gasteiger partial charge in [-0.1, -0.05) is 44.2 Å². The molecule has 0 bridgehead atoms. The first-order valence-corrected chi connectivity index (χ1v) is 8.06. The van der Waals surface area contributed by atoms with Gasteiger partial charge in [-0.05, 0) is 44.7 Å². The van der Waals surface area contributed by atoms with E-state index in [4.69, 9.17) is 0 Å². The van der Waals surface area contributed by atoms with Crippen molar-refractivity contribution in [3.63, 3.8) is 0 Å². The number of rotatable bonds is 5. The summed E-state index contributed by atoms with van der Waals surface area (Å²) in [5.74, 6) is 0.804. The van der Waals surface area contributed by atoms with Crippen molar-refractivity contribution in [2.24, 2.45) is 5.92 Å². The van der Waals surface area contributed by atoms with Gasteiger partial charge in [0.15, 0.2) is 0 Å². The molecule has 1 aromatic carbocycles. The van der Waals surface area contributed by atoms with Crippen LogP contribution in [0.4, 0.5) is 0 Å². The molecule has 1 saturated heterocycles. The molecule has 1 aromatic rings. The Morgan fingerprint density at radius 3 is 2.65 bits per heavy atom. The zero-order valence-corrected chi connectivity index (χ0v) is 13.5. The summed E-state index contributed by atoms with van der Waals surface area (Å²) in [6.45, 7) is 12.7. The summed E-state index contributed by atoms with van der Waals surface area (Å²) >= 11 is 0. The van der Waals surface area contributed by atoms with Gasteiger partial charge in [0.2, 0.25) is 0 Å². The summed E-state index contributed by atoms with van der Waals surface area (Å²) in [7, 11) is 0. The van der Waals surface area contributed by atoms with E-state index in [-0.39, 0.29) is 5.54 Å². The largest absolute Gasteiger partial charge is 0.311 e. The highest BCUT2D eigenvalue weighted by Crippen LogP contribution is 2.31. The molecule has 2 atom stereocenters. The molecule has 1 heterocycles. The Morgan fingerprint density at radius 2 is 2.00 bits per heavy atom. The van der Waals surface area contributed by atoms with Crippen LogP contribution in [-0.2, 0) is 5.54 Å². The average molecular weight is 274 g/mol. The zero-order valence-electron chi connectivity index (χ0n) is 13.5. The highest BCUT2D eigenvalue weighted by atomic mass is 15.3. The van der Waals surface area contributed by atoms with Crippen LogP contribution < -0.4 is 5.32 Å². The second kappa shape index (κ2) is 6.73. The molecule has 2 nitrogen and oxygen atoms in total. The first kappa shape index (κ1) is 15.5. The van der Waals surface area contributed by atoms with Crippen molar-refractivity contribution in [2.45, 2.75) is 52.1 Å². The lowest BCUT2D eigenvalue weighted by atomic mass is 9.86. The van der Waals surface area contributed by atoms with E-state index in [2.05, 4.69) is 68.2 Å². The first-order valence-electron chi connectivity index (χ1n) is 8.06. The van der Waals surface area contributed by atoms with Crippen LogP contribution in [0.2, 0.25) is 0 Å². The molecular weight excluding hydrogens is 244 g/mol. The van der Waals surface area contributed by atoms with Gasteiger partial charge >= 0.3 is 0 Å². The van der Waals surface area contributed by atoms with E-state index in [1.54, 1.807) is 0 Å². The summed E-state index contributed by atoms with van der Waals surface area (Å²) < 4.78 is 0. The Bertz CT molecular complexity index is 401. The number of piperazine rings is 1. The van der Waals surface area contributed by atoms with E-state index in [9.17, 15) is 0 Å². The molecule has 1 aliphatic rings. The Balaban J connectivity index is 2.11. The van der Waals surface area contributed by atoms with Crippen molar-refractivity contribution in [1.29, 1.82) is 0 Å². The third kappa shape index (κ3) is 3.62. The second-order valence-corrected chi connectivity index (χ2v) is 6.90. The molecule has 0 amide bonds. The summed E-state index contributed by atoms with van der Waals surface area (Å²) in [5, 5.41) is 3.66. The predicted molar refractivity (Wildman–Crippen MR) is 86.9 cm³/mol. The van der Waals surface area contributed by atoms with E-state index in [0.717, 1.165) is 19.0 Å². The number of nitrogens with zero attached hydrogens (tertiary/aromatic N) is 1. The molecular formula is C18H30N2. The monoisotopic (exact) mass is 274 g/mol. The molecule has 2 heteroatoms. The number of hydrogen-bond acceptors (Lipinski definition) is 2. The van der Waals surface area contributed by atoms with Crippen molar-refractivity contribution in [3.05, 3.63) is 35.9 Å². The van der Waals surface area contributed by atoms with Crippen LogP contribution in [0, 0.1) is 5.92 Å². The number of nitrogens with one attached hydrogen (secondary N) is 1. The van der Waals surface area contributed by atoms with Crippen molar-refractivity contribution < 1.29 is 0 Å². The van der Waals surface area contributed by atoms with Crippen molar-refractivity contribution in [1.82, 2.24) is 10.2 Å². The molecule has 20 heavy (non-hydrogen) atoms. The molecule has 0 saturated carbocycles. The summed E-state index contributed by atoms with van der Waals surface area (Å²) in [4.78, 5) is 2.69. The standard InChI is InChI=1S/C18H30N2/c1-15(2)9-8-12-20-13-16(3)19-14-18(20,4)17-10-6-5-7-11-17/h5-7,10-11,15-16,19H,8-9,12-14H2,1-4H3. The SMILES string of the molecule is CC(C)CCCN1CC(C)NCC1(C)c1ccccc1. The quantitative estimate of drug-likeness (QED) is 0.882. The van der Waals surface area contributed by atoms with Crippen LogP contribution in [0.1, 0.15) is 46.1 Å². The minimum absolute atomic E-state index is 0.130. The van der Waals surface area contributed by atoms with Crippen molar-refractivity contribution in [3.8, 4) is 0 Å². The van der Waals surface area contributed by atoms with Gasteiger partial charge < -0.3 is 5.32 Å². The zero-order chi connectivity index (χ0) is 14.6. The Hall–Kier alpha value is -0.860. The maximum atomic E-state index is 3.66. The lowest BCUT2D eigenvalue weighted by molar-refractivity contribution is 0.0511. The van der Waals surface area contributed by atoms with E-state index < -0.39 is 0 Å². The van der Waals surface area contributed by atoms with E-state index in [1.807, 2.05) is 0 Å². The minimum Gasteiger partial charge on any atom is -0.311 e. The van der Waals surface area contributed by atoms with E-state index in [0.29, 0.717) is 6.04 Å². The molecule has 0 aliphatic carbocycles. The van der Waals surface area contributed by atoms with Gasteiger partial charge in [0, 0.05) is 19.1 Å². The van der Waals surface area contributed by atoms with Crippen LogP contribution in [0.5, 0.6) is 0 Å². The minimum atomic E-state index is 0.130. The topological polar surface area (TPSA) is 15.3 Å². The predicted octanol–water partition coefficient (Wildman–Crippen LogP) is 3.63. The van der Waals surface area contributed by atoms with Gasteiger partial charge in [0.25, 0.3) is 0 Å². The van der Waals surface area contributed by atoms with Gasteiger partial charge in [-0.2, -0.15) is 0 Å². The third-order valence-electron chi connectivity index (χ3n) is 4.59. The number of hydrogen-bond donors (Lipinski definition) is 1. The molecule has 112 valence electrons. The smallest absolute Gasteiger partial charge is 0.0557 e. The normalized spacial score (nSPS) is 27.9. The third-order valence-corrected chi connectivity index (χ3v) is 4.59. The fraction of sp³-hybridized carbons (Fsp3) is 0.667. The van der Waals surface area contributed by atoms with Crippen LogP contribution in [0.3, 0.4) is 0 Å². The molecule has 0 spiro atoms. The van der Waals surface area contributed by atoms with Crippen LogP contribution in [-0.4, -0.2) is 30.6 Å². The molecule has 0 aromatic heterocycles. The highest BCUT2D eigenvalue weighted by molar-refractivity contribution is 5.25. The first-order chi connectivity index (χ1) is 9.52. The molecule has 2 unspecified atom stereocenters. The van der Waals surface area contributed by atoms with Crippen molar-refractivity contribution >= 4 is 0 Å². The fourth-order valence-corrected chi connectivity index (χ4v) is 3.19. The van der Waals surface area contributed by atoms with Gasteiger partial charge in [-0.25, -0.2) is 0 Å².